The maximum absolute atomic E-state index is 10.1. The largest absolute Gasteiger partial charge is 0.507 e. The van der Waals surface area contributed by atoms with Crippen LogP contribution in [0.1, 0.15) is 17.2 Å². The third-order valence-corrected chi connectivity index (χ3v) is 3.39. The number of aryl methyl sites for hydroxylation is 1. The van der Waals surface area contributed by atoms with Gasteiger partial charge in [-0.15, -0.1) is 0 Å². The van der Waals surface area contributed by atoms with Gasteiger partial charge in [0.05, 0.1) is 12.6 Å². The van der Waals surface area contributed by atoms with Crippen LogP contribution in [0.15, 0.2) is 18.2 Å². The van der Waals surface area contributed by atoms with E-state index in [4.69, 9.17) is 0 Å². The van der Waals surface area contributed by atoms with Gasteiger partial charge in [0.1, 0.15) is 5.75 Å². The van der Waals surface area contributed by atoms with E-state index in [-0.39, 0.29) is 12.6 Å². The topological polar surface area (TPSA) is 55.7 Å². The molecular weight excluding hydrogens is 216 g/mol. The first-order valence-corrected chi connectivity index (χ1v) is 6.08. The fourth-order valence-electron chi connectivity index (χ4n) is 2.35. The zero-order valence-electron chi connectivity index (χ0n) is 10.2. The lowest BCUT2D eigenvalue weighted by molar-refractivity contribution is 0.109. The summed E-state index contributed by atoms with van der Waals surface area (Å²) in [7, 11) is 0. The van der Waals surface area contributed by atoms with E-state index in [0.717, 1.165) is 37.3 Å². The molecule has 0 amide bonds. The number of aromatic hydroxyl groups is 1. The molecule has 1 aromatic rings. The molecule has 3 N–H and O–H groups in total. The molecule has 1 fully saturated rings. The molecule has 0 saturated carbocycles. The summed E-state index contributed by atoms with van der Waals surface area (Å²) in [6.45, 7) is 5.59. The zero-order chi connectivity index (χ0) is 12.3. The minimum atomic E-state index is -0.100. The number of phenolic OH excluding ortho intramolecular Hbond substituents is 1. The van der Waals surface area contributed by atoms with E-state index in [1.165, 1.54) is 0 Å². The van der Waals surface area contributed by atoms with Crippen molar-refractivity contribution in [1.82, 2.24) is 10.2 Å². The maximum Gasteiger partial charge on any atom is 0.123 e. The molecule has 1 aliphatic rings. The third-order valence-electron chi connectivity index (χ3n) is 3.39. The molecule has 17 heavy (non-hydrogen) atoms. The summed E-state index contributed by atoms with van der Waals surface area (Å²) in [6, 6.07) is 5.60. The second-order valence-electron chi connectivity index (χ2n) is 4.50. The second-order valence-corrected chi connectivity index (χ2v) is 4.50. The molecule has 4 nitrogen and oxygen atoms in total. The number of rotatable bonds is 3. The zero-order valence-corrected chi connectivity index (χ0v) is 10.2. The summed E-state index contributed by atoms with van der Waals surface area (Å²) < 4.78 is 0. The monoisotopic (exact) mass is 236 g/mol. The highest BCUT2D eigenvalue weighted by atomic mass is 16.3. The Kier molecular flexibility index (Phi) is 3.99. The van der Waals surface area contributed by atoms with Gasteiger partial charge in [-0.05, 0) is 12.5 Å². The minimum Gasteiger partial charge on any atom is -0.507 e. The van der Waals surface area contributed by atoms with Gasteiger partial charge in [-0.25, -0.2) is 0 Å². The molecule has 1 aromatic carbocycles. The van der Waals surface area contributed by atoms with Gasteiger partial charge in [-0.2, -0.15) is 0 Å². The first-order chi connectivity index (χ1) is 8.24. The second kappa shape index (κ2) is 5.49. The molecule has 0 bridgehead atoms. The number of phenols is 1. The lowest BCUT2D eigenvalue weighted by Crippen LogP contribution is -2.46. The van der Waals surface area contributed by atoms with Gasteiger partial charge in [0.15, 0.2) is 0 Å². The Morgan fingerprint density at radius 1 is 1.35 bits per heavy atom. The summed E-state index contributed by atoms with van der Waals surface area (Å²) in [5, 5.41) is 22.9. The molecule has 4 heteroatoms. The normalized spacial score (nSPS) is 19.2. The highest BCUT2D eigenvalue weighted by molar-refractivity contribution is 5.41. The minimum absolute atomic E-state index is 0.0387. The van der Waals surface area contributed by atoms with Gasteiger partial charge >= 0.3 is 0 Å². The molecule has 0 spiro atoms. The third kappa shape index (κ3) is 2.60. The first kappa shape index (κ1) is 12.4. The Morgan fingerprint density at radius 3 is 2.71 bits per heavy atom. The van der Waals surface area contributed by atoms with Gasteiger partial charge in [-0.3, -0.25) is 4.90 Å². The van der Waals surface area contributed by atoms with Crippen molar-refractivity contribution >= 4 is 0 Å². The molecule has 0 unspecified atom stereocenters. The van der Waals surface area contributed by atoms with Crippen LogP contribution in [0.3, 0.4) is 0 Å². The smallest absolute Gasteiger partial charge is 0.123 e. The van der Waals surface area contributed by atoms with Crippen LogP contribution in [-0.2, 0) is 0 Å². The Labute approximate surface area is 102 Å². The number of nitrogens with one attached hydrogen (secondary N) is 1. The molecule has 1 aliphatic heterocycles. The van der Waals surface area contributed by atoms with Crippen LogP contribution in [0.4, 0.5) is 0 Å². The highest BCUT2D eigenvalue weighted by Crippen LogP contribution is 2.30. The molecule has 0 aliphatic carbocycles. The standard InChI is InChI=1S/C13H20N2O2/c1-10-3-2-4-11(13(10)17)12(9-16)15-7-5-14-6-8-15/h2-4,12,14,16-17H,5-9H2,1H3/t12-/m1/s1. The number of hydrogen-bond acceptors (Lipinski definition) is 4. The lowest BCUT2D eigenvalue weighted by Gasteiger charge is -2.34. The van der Waals surface area contributed by atoms with Crippen molar-refractivity contribution in [2.45, 2.75) is 13.0 Å². The van der Waals surface area contributed by atoms with Crippen LogP contribution in [0, 0.1) is 6.92 Å². The van der Waals surface area contributed by atoms with Gasteiger partial charge in [0.2, 0.25) is 0 Å². The average Bonchev–Trinajstić information content (AvgIpc) is 2.37. The van der Waals surface area contributed by atoms with Crippen molar-refractivity contribution < 1.29 is 10.2 Å². The van der Waals surface area contributed by atoms with Crippen molar-refractivity contribution in [1.29, 1.82) is 0 Å². The molecule has 1 saturated heterocycles. The van der Waals surface area contributed by atoms with Crippen LogP contribution >= 0.6 is 0 Å². The molecule has 2 rings (SSSR count). The van der Waals surface area contributed by atoms with Crippen LogP contribution in [-0.4, -0.2) is 47.9 Å². The van der Waals surface area contributed by atoms with E-state index >= 15 is 0 Å². The van der Waals surface area contributed by atoms with Crippen molar-refractivity contribution in [2.75, 3.05) is 32.8 Å². The van der Waals surface area contributed by atoms with Gasteiger partial charge in [-0.1, -0.05) is 18.2 Å². The predicted octanol–water partition coefficient (Wildman–Crippen LogP) is 0.639. The number of hydrogen-bond donors (Lipinski definition) is 3. The number of aliphatic hydroxyl groups excluding tert-OH is 1. The summed E-state index contributed by atoms with van der Waals surface area (Å²) in [6.07, 6.45) is 0. The Balaban J connectivity index is 2.24. The van der Waals surface area contributed by atoms with E-state index in [1.54, 1.807) is 0 Å². The summed E-state index contributed by atoms with van der Waals surface area (Å²) >= 11 is 0. The van der Waals surface area contributed by atoms with Crippen molar-refractivity contribution in [3.63, 3.8) is 0 Å². The fourth-order valence-corrected chi connectivity index (χ4v) is 2.35. The quantitative estimate of drug-likeness (QED) is 0.721. The van der Waals surface area contributed by atoms with E-state index in [2.05, 4.69) is 10.2 Å². The molecule has 1 atom stereocenters. The maximum atomic E-state index is 10.1. The average molecular weight is 236 g/mol. The lowest BCUT2D eigenvalue weighted by atomic mass is 10.0. The van der Waals surface area contributed by atoms with E-state index < -0.39 is 0 Å². The summed E-state index contributed by atoms with van der Waals surface area (Å²) in [4.78, 5) is 2.21. The van der Waals surface area contributed by atoms with Crippen molar-refractivity contribution in [3.05, 3.63) is 29.3 Å². The first-order valence-electron chi connectivity index (χ1n) is 6.08. The van der Waals surface area contributed by atoms with Crippen molar-refractivity contribution in [3.8, 4) is 5.75 Å². The SMILES string of the molecule is Cc1cccc([C@@H](CO)N2CCNCC2)c1O. The van der Waals surface area contributed by atoms with Crippen molar-refractivity contribution in [2.24, 2.45) is 0 Å². The number of nitrogens with zero attached hydrogens (tertiary/aromatic N) is 1. The Hall–Kier alpha value is -1.10. The number of piperazine rings is 1. The van der Waals surface area contributed by atoms with E-state index in [0.29, 0.717) is 5.75 Å². The highest BCUT2D eigenvalue weighted by Gasteiger charge is 2.23. The molecule has 0 radical (unpaired) electrons. The van der Waals surface area contributed by atoms with E-state index in [1.807, 2.05) is 25.1 Å². The number of aliphatic hydroxyl groups is 1. The molecular formula is C13H20N2O2. The molecule has 1 heterocycles. The molecule has 94 valence electrons. The van der Waals surface area contributed by atoms with Crippen LogP contribution in [0.2, 0.25) is 0 Å². The Morgan fingerprint density at radius 2 is 2.06 bits per heavy atom. The van der Waals surface area contributed by atoms with Gasteiger partial charge < -0.3 is 15.5 Å². The summed E-state index contributed by atoms with van der Waals surface area (Å²) in [5.41, 5.74) is 1.69. The van der Waals surface area contributed by atoms with Gasteiger partial charge in [0, 0.05) is 31.7 Å². The van der Waals surface area contributed by atoms with Crippen LogP contribution in [0.25, 0.3) is 0 Å². The van der Waals surface area contributed by atoms with E-state index in [9.17, 15) is 10.2 Å². The number of para-hydroxylation sites is 1. The number of benzene rings is 1. The predicted molar refractivity (Wildman–Crippen MR) is 67.1 cm³/mol. The molecule has 0 aromatic heterocycles. The fraction of sp³-hybridized carbons (Fsp3) is 0.538. The van der Waals surface area contributed by atoms with Crippen LogP contribution < -0.4 is 5.32 Å². The van der Waals surface area contributed by atoms with Gasteiger partial charge in [0.25, 0.3) is 0 Å². The Bertz CT molecular complexity index is 376. The summed E-state index contributed by atoms with van der Waals surface area (Å²) in [5.74, 6) is 0.310. The van der Waals surface area contributed by atoms with Crippen LogP contribution in [0.5, 0.6) is 5.75 Å².